The molecule has 0 aliphatic carbocycles. The van der Waals surface area contributed by atoms with Crippen LogP contribution in [0.3, 0.4) is 0 Å². The summed E-state index contributed by atoms with van der Waals surface area (Å²) in [5, 5.41) is 2.83. The molecule has 110 valence electrons. The van der Waals surface area contributed by atoms with E-state index in [9.17, 15) is 9.59 Å². The molecule has 1 unspecified atom stereocenters. The van der Waals surface area contributed by atoms with Gasteiger partial charge in [-0.3, -0.25) is 9.59 Å². The molecule has 1 amide bonds. The van der Waals surface area contributed by atoms with E-state index in [4.69, 9.17) is 4.74 Å². The summed E-state index contributed by atoms with van der Waals surface area (Å²) in [6.07, 6.45) is 0.963. The van der Waals surface area contributed by atoms with Crippen molar-refractivity contribution in [3.63, 3.8) is 0 Å². The molecule has 1 aliphatic rings. The number of aromatic nitrogens is 1. The molecule has 1 aromatic rings. The summed E-state index contributed by atoms with van der Waals surface area (Å²) in [4.78, 5) is 24.3. The van der Waals surface area contributed by atoms with Crippen molar-refractivity contribution in [2.45, 2.75) is 26.2 Å². The van der Waals surface area contributed by atoms with Crippen LogP contribution in [0.2, 0.25) is 0 Å². The third kappa shape index (κ3) is 3.10. The SMILES string of the molecule is CC(C)c1ccc(C(=O)NCC2CCOC2)c(=O)n1C. The van der Waals surface area contributed by atoms with E-state index < -0.39 is 0 Å². The van der Waals surface area contributed by atoms with E-state index in [-0.39, 0.29) is 22.9 Å². The Morgan fingerprint density at radius 3 is 2.85 bits per heavy atom. The lowest BCUT2D eigenvalue weighted by molar-refractivity contribution is 0.0943. The predicted octanol–water partition coefficient (Wildman–Crippen LogP) is 1.27. The Morgan fingerprint density at radius 2 is 2.25 bits per heavy atom. The van der Waals surface area contributed by atoms with Crippen LogP contribution in [0.5, 0.6) is 0 Å². The second-order valence-electron chi connectivity index (χ2n) is 5.63. The van der Waals surface area contributed by atoms with Crippen molar-refractivity contribution in [2.75, 3.05) is 19.8 Å². The Bertz CT molecular complexity index is 543. The number of ether oxygens (including phenoxy) is 1. The molecule has 1 fully saturated rings. The molecule has 1 aliphatic heterocycles. The Hall–Kier alpha value is -1.62. The van der Waals surface area contributed by atoms with Gasteiger partial charge < -0.3 is 14.6 Å². The first-order valence-corrected chi connectivity index (χ1v) is 7.06. The van der Waals surface area contributed by atoms with Crippen molar-refractivity contribution in [3.8, 4) is 0 Å². The summed E-state index contributed by atoms with van der Waals surface area (Å²) in [5.74, 6) is 0.311. The zero-order valence-electron chi connectivity index (χ0n) is 12.3. The number of nitrogens with zero attached hydrogens (tertiary/aromatic N) is 1. The molecule has 2 rings (SSSR count). The van der Waals surface area contributed by atoms with E-state index in [1.807, 2.05) is 19.9 Å². The van der Waals surface area contributed by atoms with Crippen LogP contribution in [-0.2, 0) is 11.8 Å². The maximum absolute atomic E-state index is 12.2. The second-order valence-corrected chi connectivity index (χ2v) is 5.63. The van der Waals surface area contributed by atoms with Crippen LogP contribution in [0, 0.1) is 5.92 Å². The molecule has 0 radical (unpaired) electrons. The van der Waals surface area contributed by atoms with Crippen LogP contribution in [0.25, 0.3) is 0 Å². The minimum atomic E-state index is -0.298. The number of amides is 1. The molecule has 2 heterocycles. The number of hydrogen-bond acceptors (Lipinski definition) is 3. The summed E-state index contributed by atoms with van der Waals surface area (Å²) < 4.78 is 6.82. The third-order valence-electron chi connectivity index (χ3n) is 3.75. The first kappa shape index (κ1) is 14.8. The summed E-state index contributed by atoms with van der Waals surface area (Å²) in [5.41, 5.74) is 0.892. The fourth-order valence-corrected chi connectivity index (χ4v) is 2.48. The quantitative estimate of drug-likeness (QED) is 0.902. The number of carbonyl (C=O) groups is 1. The molecule has 20 heavy (non-hydrogen) atoms. The van der Waals surface area contributed by atoms with E-state index in [1.165, 1.54) is 0 Å². The molecular formula is C15H22N2O3. The third-order valence-corrected chi connectivity index (χ3v) is 3.75. The van der Waals surface area contributed by atoms with Crippen molar-refractivity contribution in [2.24, 2.45) is 13.0 Å². The van der Waals surface area contributed by atoms with E-state index in [0.717, 1.165) is 18.7 Å². The van der Waals surface area contributed by atoms with Gasteiger partial charge in [-0.25, -0.2) is 0 Å². The lowest BCUT2D eigenvalue weighted by Gasteiger charge is -2.14. The number of pyridine rings is 1. The first-order valence-electron chi connectivity index (χ1n) is 7.06. The van der Waals surface area contributed by atoms with Crippen LogP contribution in [-0.4, -0.2) is 30.2 Å². The second kappa shape index (κ2) is 6.22. The summed E-state index contributed by atoms with van der Waals surface area (Å²) in [6, 6.07) is 3.47. The predicted molar refractivity (Wildman–Crippen MR) is 77.0 cm³/mol. The maximum Gasteiger partial charge on any atom is 0.263 e. The first-order chi connectivity index (χ1) is 9.50. The average molecular weight is 278 g/mol. The van der Waals surface area contributed by atoms with E-state index in [1.54, 1.807) is 17.7 Å². The molecule has 1 atom stereocenters. The molecule has 1 N–H and O–H groups in total. The van der Waals surface area contributed by atoms with Gasteiger partial charge in [0.2, 0.25) is 0 Å². The Labute approximate surface area is 118 Å². The minimum absolute atomic E-state index is 0.204. The largest absolute Gasteiger partial charge is 0.381 e. The average Bonchev–Trinajstić information content (AvgIpc) is 2.92. The van der Waals surface area contributed by atoms with Gasteiger partial charge in [0, 0.05) is 31.8 Å². The standard InChI is InChI=1S/C15H22N2O3/c1-10(2)13-5-4-12(15(19)17(13)3)14(18)16-8-11-6-7-20-9-11/h4-5,10-11H,6-9H2,1-3H3,(H,16,18). The minimum Gasteiger partial charge on any atom is -0.381 e. The van der Waals surface area contributed by atoms with Gasteiger partial charge >= 0.3 is 0 Å². The van der Waals surface area contributed by atoms with Gasteiger partial charge in [-0.2, -0.15) is 0 Å². The van der Waals surface area contributed by atoms with Crippen molar-refractivity contribution in [1.29, 1.82) is 0 Å². The van der Waals surface area contributed by atoms with Crippen molar-refractivity contribution >= 4 is 5.91 Å². The van der Waals surface area contributed by atoms with Gasteiger partial charge in [0.05, 0.1) is 6.61 Å². The normalized spacial score (nSPS) is 18.5. The number of nitrogens with one attached hydrogen (secondary N) is 1. The fraction of sp³-hybridized carbons (Fsp3) is 0.600. The van der Waals surface area contributed by atoms with Gasteiger partial charge in [0.1, 0.15) is 5.56 Å². The topological polar surface area (TPSA) is 60.3 Å². The molecule has 5 heteroatoms. The molecule has 0 bridgehead atoms. The Balaban J connectivity index is 2.10. The van der Waals surface area contributed by atoms with Crippen LogP contribution in [0.15, 0.2) is 16.9 Å². The lowest BCUT2D eigenvalue weighted by Crippen LogP contribution is -2.35. The lowest BCUT2D eigenvalue weighted by atomic mass is 10.1. The molecular weight excluding hydrogens is 256 g/mol. The van der Waals surface area contributed by atoms with Crippen molar-refractivity contribution in [1.82, 2.24) is 9.88 Å². The van der Waals surface area contributed by atoms with E-state index in [0.29, 0.717) is 19.1 Å². The van der Waals surface area contributed by atoms with Gasteiger partial charge in [-0.05, 0) is 24.5 Å². The van der Waals surface area contributed by atoms with E-state index >= 15 is 0 Å². The van der Waals surface area contributed by atoms with Crippen molar-refractivity contribution < 1.29 is 9.53 Å². The monoisotopic (exact) mass is 278 g/mol. The van der Waals surface area contributed by atoms with Gasteiger partial charge in [0.25, 0.3) is 11.5 Å². The summed E-state index contributed by atoms with van der Waals surface area (Å²) >= 11 is 0. The fourth-order valence-electron chi connectivity index (χ4n) is 2.48. The van der Waals surface area contributed by atoms with Crippen LogP contribution >= 0.6 is 0 Å². The van der Waals surface area contributed by atoms with E-state index in [2.05, 4.69) is 5.32 Å². The Kier molecular flexibility index (Phi) is 4.60. The van der Waals surface area contributed by atoms with Gasteiger partial charge in [-0.1, -0.05) is 13.8 Å². The van der Waals surface area contributed by atoms with Crippen molar-refractivity contribution in [3.05, 3.63) is 33.7 Å². The zero-order valence-corrected chi connectivity index (χ0v) is 12.3. The van der Waals surface area contributed by atoms with Crippen LogP contribution in [0.4, 0.5) is 0 Å². The number of rotatable bonds is 4. The van der Waals surface area contributed by atoms with Crippen LogP contribution < -0.4 is 10.9 Å². The highest BCUT2D eigenvalue weighted by Crippen LogP contribution is 2.12. The number of hydrogen-bond donors (Lipinski definition) is 1. The smallest absolute Gasteiger partial charge is 0.263 e. The summed E-state index contributed by atoms with van der Waals surface area (Å²) in [7, 11) is 1.71. The number of carbonyl (C=O) groups excluding carboxylic acids is 1. The molecule has 0 saturated carbocycles. The molecule has 5 nitrogen and oxygen atoms in total. The molecule has 1 saturated heterocycles. The van der Waals surface area contributed by atoms with Gasteiger partial charge in [0.15, 0.2) is 0 Å². The molecule has 0 spiro atoms. The highest BCUT2D eigenvalue weighted by Gasteiger charge is 2.19. The Morgan fingerprint density at radius 1 is 1.50 bits per heavy atom. The maximum atomic E-state index is 12.2. The molecule has 0 aromatic carbocycles. The van der Waals surface area contributed by atoms with Crippen LogP contribution in [0.1, 0.15) is 42.2 Å². The highest BCUT2D eigenvalue weighted by molar-refractivity contribution is 5.93. The highest BCUT2D eigenvalue weighted by atomic mass is 16.5. The zero-order chi connectivity index (χ0) is 14.7. The van der Waals surface area contributed by atoms with Gasteiger partial charge in [-0.15, -0.1) is 0 Å². The summed E-state index contributed by atoms with van der Waals surface area (Å²) in [6.45, 7) is 6.05. The molecule has 1 aromatic heterocycles.